The highest BCUT2D eigenvalue weighted by molar-refractivity contribution is 7.38. The van der Waals surface area contributed by atoms with Gasteiger partial charge in [0.25, 0.3) is 0 Å². The van der Waals surface area contributed by atoms with Gasteiger partial charge < -0.3 is 10.00 Å². The largest absolute Gasteiger partial charge is 0.378 e. The van der Waals surface area contributed by atoms with Gasteiger partial charge in [-0.2, -0.15) is 0 Å². The summed E-state index contributed by atoms with van der Waals surface area (Å²) in [7, 11) is -2.86. The Labute approximate surface area is 65.2 Å². The second-order valence-corrected chi connectivity index (χ2v) is 3.37. The van der Waals surface area contributed by atoms with Gasteiger partial charge in [-0.15, -0.1) is 0 Å². The highest BCUT2D eigenvalue weighted by atomic mass is 31.1. The molecule has 0 saturated carbocycles. The fourth-order valence-corrected chi connectivity index (χ4v) is 1.26. The second kappa shape index (κ2) is 3.67. The van der Waals surface area contributed by atoms with Crippen molar-refractivity contribution in [2.45, 2.75) is 5.85 Å². The van der Waals surface area contributed by atoms with Crippen LogP contribution in [0.2, 0.25) is 0 Å². The van der Waals surface area contributed by atoms with Crippen LogP contribution in [0.3, 0.4) is 0 Å². The van der Waals surface area contributed by atoms with Gasteiger partial charge in [-0.3, -0.25) is 4.57 Å². The summed E-state index contributed by atoms with van der Waals surface area (Å²) in [5.41, 5.74) is 0.485. The van der Waals surface area contributed by atoms with Crippen molar-refractivity contribution in [2.24, 2.45) is 0 Å². The maximum Gasteiger partial charge on any atom is 0.221 e. The van der Waals surface area contributed by atoms with E-state index in [1.54, 1.807) is 30.3 Å². The van der Waals surface area contributed by atoms with Gasteiger partial charge in [-0.25, -0.2) is 0 Å². The van der Waals surface area contributed by atoms with Crippen molar-refractivity contribution in [1.29, 1.82) is 0 Å². The summed E-state index contributed by atoms with van der Waals surface area (Å²) < 4.78 is 10.4. The number of rotatable bonds is 2. The van der Waals surface area contributed by atoms with Crippen LogP contribution < -0.4 is 0 Å². The fraction of sp³-hybridized carbons (Fsp3) is 0.143. The Morgan fingerprint density at radius 1 is 1.27 bits per heavy atom. The maximum absolute atomic E-state index is 10.4. The Morgan fingerprint density at radius 2 is 1.82 bits per heavy atom. The van der Waals surface area contributed by atoms with Crippen LogP contribution in [0.25, 0.3) is 0 Å². The van der Waals surface area contributed by atoms with E-state index in [-0.39, 0.29) is 0 Å². The molecule has 0 aliphatic rings. The molecule has 1 rings (SSSR count). The summed E-state index contributed by atoms with van der Waals surface area (Å²) in [5.74, 6) is -1.22. The van der Waals surface area contributed by atoms with E-state index in [2.05, 4.69) is 0 Å². The molecule has 0 radical (unpaired) electrons. The number of aliphatic hydroxyl groups is 1. The maximum atomic E-state index is 10.4. The smallest absolute Gasteiger partial charge is 0.221 e. The lowest BCUT2D eigenvalue weighted by molar-refractivity contribution is 0.243. The Bertz CT molecular complexity index is 247. The standard InChI is InChI=1S/C7H9O3P/c8-7(11(9)10)6-4-2-1-3-5-6/h1-5,7-8,11H,(H,9,10). The summed E-state index contributed by atoms with van der Waals surface area (Å²) >= 11 is 0. The zero-order valence-electron chi connectivity index (χ0n) is 5.77. The SMILES string of the molecule is O=[PH](O)C(O)c1ccccc1. The number of hydrogen-bond acceptors (Lipinski definition) is 2. The van der Waals surface area contributed by atoms with E-state index in [4.69, 9.17) is 10.00 Å². The van der Waals surface area contributed by atoms with Gasteiger partial charge in [0.15, 0.2) is 5.85 Å². The van der Waals surface area contributed by atoms with Gasteiger partial charge >= 0.3 is 0 Å². The Balaban J connectivity index is 2.85. The van der Waals surface area contributed by atoms with Crippen molar-refractivity contribution >= 4 is 8.03 Å². The van der Waals surface area contributed by atoms with Crippen LogP contribution in [0, 0.1) is 0 Å². The second-order valence-electron chi connectivity index (χ2n) is 2.15. The molecular formula is C7H9O3P. The third-order valence-corrected chi connectivity index (χ3v) is 2.15. The normalized spacial score (nSPS) is 15.8. The third kappa shape index (κ3) is 2.15. The van der Waals surface area contributed by atoms with Crippen LogP contribution in [0.5, 0.6) is 0 Å². The van der Waals surface area contributed by atoms with Crippen LogP contribution in [0.4, 0.5) is 0 Å². The Morgan fingerprint density at radius 3 is 2.27 bits per heavy atom. The van der Waals surface area contributed by atoms with Crippen molar-refractivity contribution in [3.05, 3.63) is 35.9 Å². The van der Waals surface area contributed by atoms with E-state index in [1.807, 2.05) is 0 Å². The Kier molecular flexibility index (Phi) is 2.83. The lowest BCUT2D eigenvalue weighted by Gasteiger charge is -2.04. The zero-order valence-corrected chi connectivity index (χ0v) is 6.77. The summed E-state index contributed by atoms with van der Waals surface area (Å²) in [6.07, 6.45) is 0. The lowest BCUT2D eigenvalue weighted by Crippen LogP contribution is -1.89. The summed E-state index contributed by atoms with van der Waals surface area (Å²) in [5, 5.41) is 9.08. The average Bonchev–Trinajstić information content (AvgIpc) is 2.05. The minimum Gasteiger partial charge on any atom is -0.378 e. The molecule has 60 valence electrons. The van der Waals surface area contributed by atoms with Gasteiger partial charge in [0.05, 0.1) is 0 Å². The van der Waals surface area contributed by atoms with Crippen LogP contribution in [0.1, 0.15) is 11.4 Å². The van der Waals surface area contributed by atoms with Crippen molar-refractivity contribution in [3.8, 4) is 0 Å². The molecule has 2 atom stereocenters. The quantitative estimate of drug-likeness (QED) is 0.657. The molecule has 0 spiro atoms. The van der Waals surface area contributed by atoms with Crippen molar-refractivity contribution < 1.29 is 14.6 Å². The van der Waals surface area contributed by atoms with Gasteiger partial charge in [-0.1, -0.05) is 30.3 Å². The number of benzene rings is 1. The molecule has 0 fully saturated rings. The van der Waals surface area contributed by atoms with Gasteiger partial charge in [0.2, 0.25) is 8.03 Å². The van der Waals surface area contributed by atoms with Crippen molar-refractivity contribution in [1.82, 2.24) is 0 Å². The van der Waals surface area contributed by atoms with Crippen LogP contribution in [-0.2, 0) is 4.57 Å². The average molecular weight is 172 g/mol. The number of hydrogen-bond donors (Lipinski definition) is 2. The molecule has 2 unspecified atom stereocenters. The first-order valence-corrected chi connectivity index (χ1v) is 4.61. The highest BCUT2D eigenvalue weighted by Gasteiger charge is 2.10. The van der Waals surface area contributed by atoms with E-state index < -0.39 is 13.9 Å². The lowest BCUT2D eigenvalue weighted by atomic mass is 10.2. The molecule has 0 aliphatic heterocycles. The van der Waals surface area contributed by atoms with Crippen molar-refractivity contribution in [3.63, 3.8) is 0 Å². The summed E-state index contributed by atoms with van der Waals surface area (Å²) in [6.45, 7) is 0. The molecule has 2 N–H and O–H groups in total. The molecular weight excluding hydrogens is 163 g/mol. The predicted octanol–water partition coefficient (Wildman–Crippen LogP) is 1.14. The predicted molar refractivity (Wildman–Crippen MR) is 42.6 cm³/mol. The molecule has 0 aromatic heterocycles. The third-order valence-electron chi connectivity index (χ3n) is 1.35. The molecule has 0 bridgehead atoms. The first kappa shape index (κ1) is 8.47. The molecule has 3 nitrogen and oxygen atoms in total. The van der Waals surface area contributed by atoms with Gasteiger partial charge in [0.1, 0.15) is 0 Å². The van der Waals surface area contributed by atoms with E-state index >= 15 is 0 Å². The molecule has 11 heavy (non-hydrogen) atoms. The van der Waals surface area contributed by atoms with Gasteiger partial charge in [-0.05, 0) is 5.56 Å². The van der Waals surface area contributed by atoms with Crippen LogP contribution in [0.15, 0.2) is 30.3 Å². The topological polar surface area (TPSA) is 57.5 Å². The molecule has 1 aromatic rings. The Hall–Kier alpha value is -0.630. The molecule has 4 heteroatoms. The van der Waals surface area contributed by atoms with E-state index in [0.717, 1.165) is 0 Å². The molecule has 0 aliphatic carbocycles. The first-order chi connectivity index (χ1) is 5.22. The molecule has 0 heterocycles. The van der Waals surface area contributed by atoms with E-state index in [1.165, 1.54) is 0 Å². The highest BCUT2D eigenvalue weighted by Crippen LogP contribution is 2.34. The fourth-order valence-electron chi connectivity index (χ4n) is 0.778. The minimum absolute atomic E-state index is 0.485. The zero-order chi connectivity index (χ0) is 8.27. The van der Waals surface area contributed by atoms with Crippen LogP contribution >= 0.6 is 8.03 Å². The van der Waals surface area contributed by atoms with Gasteiger partial charge in [0, 0.05) is 0 Å². The minimum atomic E-state index is -2.86. The number of aliphatic hydroxyl groups excluding tert-OH is 1. The van der Waals surface area contributed by atoms with E-state index in [9.17, 15) is 4.57 Å². The van der Waals surface area contributed by atoms with Crippen LogP contribution in [-0.4, -0.2) is 10.00 Å². The summed E-state index contributed by atoms with van der Waals surface area (Å²) in [6, 6.07) is 8.43. The monoisotopic (exact) mass is 172 g/mol. The molecule has 0 saturated heterocycles. The first-order valence-electron chi connectivity index (χ1n) is 3.17. The molecule has 1 aromatic carbocycles. The molecule has 0 amide bonds. The van der Waals surface area contributed by atoms with E-state index in [0.29, 0.717) is 5.56 Å². The summed E-state index contributed by atoms with van der Waals surface area (Å²) in [4.78, 5) is 8.57. The van der Waals surface area contributed by atoms with Crippen molar-refractivity contribution in [2.75, 3.05) is 0 Å².